The Bertz CT molecular complexity index is 412. The second kappa shape index (κ2) is 8.50. The van der Waals surface area contributed by atoms with Crippen LogP contribution in [0.15, 0.2) is 30.3 Å². The lowest BCUT2D eigenvalue weighted by Gasteiger charge is -2.17. The number of hydrogen-bond donors (Lipinski definition) is 2. The molecule has 0 aliphatic heterocycles. The molecule has 0 saturated carbocycles. The molecule has 104 valence electrons. The van der Waals surface area contributed by atoms with Crippen LogP contribution in [-0.2, 0) is 20.9 Å². The zero-order valence-corrected chi connectivity index (χ0v) is 11.4. The Kier molecular flexibility index (Phi) is 6.92. The van der Waals surface area contributed by atoms with Crippen molar-refractivity contribution in [3.63, 3.8) is 0 Å². The summed E-state index contributed by atoms with van der Waals surface area (Å²) < 4.78 is 4.90. The Balaban J connectivity index is 2.50. The molecular formula is C13H17ClN2O3. The molecule has 0 spiro atoms. The van der Waals surface area contributed by atoms with Gasteiger partial charge in [-0.15, -0.1) is 11.6 Å². The summed E-state index contributed by atoms with van der Waals surface area (Å²) in [4.78, 5) is 23.1. The van der Waals surface area contributed by atoms with Gasteiger partial charge in [-0.25, -0.2) is 0 Å². The number of nitrogens with one attached hydrogen (secondary N) is 2. The molecule has 2 amide bonds. The van der Waals surface area contributed by atoms with E-state index in [0.717, 1.165) is 5.56 Å². The van der Waals surface area contributed by atoms with E-state index in [0.29, 0.717) is 6.54 Å². The van der Waals surface area contributed by atoms with E-state index in [9.17, 15) is 9.59 Å². The van der Waals surface area contributed by atoms with Crippen LogP contribution in [0.25, 0.3) is 0 Å². The first-order chi connectivity index (χ1) is 9.17. The lowest BCUT2D eigenvalue weighted by Crippen LogP contribution is -2.49. The van der Waals surface area contributed by atoms with E-state index < -0.39 is 11.9 Å². The monoisotopic (exact) mass is 284 g/mol. The molecule has 1 aromatic carbocycles. The summed E-state index contributed by atoms with van der Waals surface area (Å²) in [5.74, 6) is -0.894. The second-order valence-corrected chi connectivity index (χ2v) is 4.18. The molecule has 2 N–H and O–H groups in total. The van der Waals surface area contributed by atoms with Crippen LogP contribution in [0.5, 0.6) is 0 Å². The van der Waals surface area contributed by atoms with E-state index in [1.165, 1.54) is 7.11 Å². The fourth-order valence-corrected chi connectivity index (χ4v) is 1.57. The number of halogens is 1. The number of amides is 2. The number of methoxy groups -OCH3 is 1. The molecular weight excluding hydrogens is 268 g/mol. The van der Waals surface area contributed by atoms with Crippen molar-refractivity contribution in [2.75, 3.05) is 19.6 Å². The Morgan fingerprint density at radius 1 is 1.32 bits per heavy atom. The summed E-state index contributed by atoms with van der Waals surface area (Å²) in [5, 5.41) is 5.23. The van der Waals surface area contributed by atoms with Gasteiger partial charge in [0.15, 0.2) is 0 Å². The molecule has 0 fully saturated rings. The highest BCUT2D eigenvalue weighted by molar-refractivity contribution is 6.27. The number of hydrogen-bond acceptors (Lipinski definition) is 3. The molecule has 1 unspecified atom stereocenters. The van der Waals surface area contributed by atoms with Crippen LogP contribution in [0.3, 0.4) is 0 Å². The van der Waals surface area contributed by atoms with Crippen molar-refractivity contribution in [2.45, 2.75) is 12.6 Å². The molecule has 0 aliphatic carbocycles. The molecule has 1 atom stereocenters. The summed E-state index contributed by atoms with van der Waals surface area (Å²) in [5.41, 5.74) is 0.982. The van der Waals surface area contributed by atoms with Gasteiger partial charge in [0.25, 0.3) is 0 Å². The normalized spacial score (nSPS) is 11.7. The van der Waals surface area contributed by atoms with E-state index in [4.69, 9.17) is 16.3 Å². The SMILES string of the molecule is COCC(NC(=O)CCl)C(=O)NCc1ccccc1. The minimum absolute atomic E-state index is 0.100. The standard InChI is InChI=1S/C13H17ClN2O3/c1-19-9-11(16-12(17)7-14)13(18)15-8-10-5-3-2-4-6-10/h2-6,11H,7-9H2,1H3,(H,15,18)(H,16,17). The van der Waals surface area contributed by atoms with Gasteiger partial charge < -0.3 is 15.4 Å². The Morgan fingerprint density at radius 3 is 2.58 bits per heavy atom. The van der Waals surface area contributed by atoms with Crippen LogP contribution in [0.2, 0.25) is 0 Å². The summed E-state index contributed by atoms with van der Waals surface area (Å²) in [6.07, 6.45) is 0. The number of carbonyl (C=O) groups excluding carboxylic acids is 2. The van der Waals surface area contributed by atoms with Crippen molar-refractivity contribution in [2.24, 2.45) is 0 Å². The van der Waals surface area contributed by atoms with Crippen LogP contribution in [-0.4, -0.2) is 37.5 Å². The Hall–Kier alpha value is -1.59. The third-order valence-electron chi connectivity index (χ3n) is 2.42. The van der Waals surface area contributed by atoms with Crippen LogP contribution < -0.4 is 10.6 Å². The van der Waals surface area contributed by atoms with Gasteiger partial charge in [-0.1, -0.05) is 30.3 Å². The summed E-state index contributed by atoms with van der Waals surface area (Å²) in [6.45, 7) is 0.500. The van der Waals surface area contributed by atoms with Gasteiger partial charge in [-0.05, 0) is 5.56 Å². The van der Waals surface area contributed by atoms with Crippen LogP contribution >= 0.6 is 11.6 Å². The molecule has 6 heteroatoms. The van der Waals surface area contributed by atoms with Gasteiger partial charge in [-0.3, -0.25) is 9.59 Å². The van der Waals surface area contributed by atoms with Crippen molar-refractivity contribution >= 4 is 23.4 Å². The number of alkyl halides is 1. The van der Waals surface area contributed by atoms with Gasteiger partial charge in [-0.2, -0.15) is 0 Å². The zero-order valence-electron chi connectivity index (χ0n) is 10.7. The maximum absolute atomic E-state index is 11.9. The van der Waals surface area contributed by atoms with E-state index >= 15 is 0 Å². The van der Waals surface area contributed by atoms with Crippen molar-refractivity contribution < 1.29 is 14.3 Å². The van der Waals surface area contributed by atoms with E-state index in [2.05, 4.69) is 10.6 Å². The average molecular weight is 285 g/mol. The first-order valence-corrected chi connectivity index (χ1v) is 6.36. The quantitative estimate of drug-likeness (QED) is 0.723. The highest BCUT2D eigenvalue weighted by Crippen LogP contribution is 1.98. The molecule has 0 radical (unpaired) electrons. The number of ether oxygens (including phenoxy) is 1. The number of carbonyl (C=O) groups is 2. The van der Waals surface area contributed by atoms with Gasteiger partial charge in [0.2, 0.25) is 11.8 Å². The molecule has 0 saturated heterocycles. The fraction of sp³-hybridized carbons (Fsp3) is 0.385. The van der Waals surface area contributed by atoms with Gasteiger partial charge >= 0.3 is 0 Å². The molecule has 1 rings (SSSR count). The molecule has 0 aliphatic rings. The average Bonchev–Trinajstić information content (AvgIpc) is 2.45. The van der Waals surface area contributed by atoms with Gasteiger partial charge in [0.05, 0.1) is 6.61 Å². The molecule has 19 heavy (non-hydrogen) atoms. The van der Waals surface area contributed by atoms with Crippen molar-refractivity contribution in [3.05, 3.63) is 35.9 Å². The number of rotatable bonds is 7. The van der Waals surface area contributed by atoms with Gasteiger partial charge in [0, 0.05) is 13.7 Å². The highest BCUT2D eigenvalue weighted by Gasteiger charge is 2.19. The van der Waals surface area contributed by atoms with Crippen LogP contribution in [0.1, 0.15) is 5.56 Å². The van der Waals surface area contributed by atoms with E-state index in [1.54, 1.807) is 0 Å². The maximum Gasteiger partial charge on any atom is 0.245 e. The smallest absolute Gasteiger partial charge is 0.245 e. The van der Waals surface area contributed by atoms with Crippen LogP contribution in [0.4, 0.5) is 0 Å². The topological polar surface area (TPSA) is 67.4 Å². The molecule has 1 aromatic rings. The highest BCUT2D eigenvalue weighted by atomic mass is 35.5. The van der Waals surface area contributed by atoms with Crippen molar-refractivity contribution in [1.82, 2.24) is 10.6 Å². The molecule has 0 aromatic heterocycles. The largest absolute Gasteiger partial charge is 0.382 e. The van der Waals surface area contributed by atoms with Crippen molar-refractivity contribution in [1.29, 1.82) is 0 Å². The minimum atomic E-state index is -0.736. The fourth-order valence-electron chi connectivity index (χ4n) is 1.49. The molecule has 0 bridgehead atoms. The Morgan fingerprint density at radius 2 is 2.00 bits per heavy atom. The lowest BCUT2D eigenvalue weighted by molar-refractivity contribution is -0.129. The third kappa shape index (κ3) is 5.72. The van der Waals surface area contributed by atoms with Gasteiger partial charge in [0.1, 0.15) is 11.9 Å². The first-order valence-electron chi connectivity index (χ1n) is 5.83. The minimum Gasteiger partial charge on any atom is -0.382 e. The summed E-state index contributed by atoms with van der Waals surface area (Å²) in [7, 11) is 1.46. The first kappa shape index (κ1) is 15.5. The predicted molar refractivity (Wildman–Crippen MR) is 72.8 cm³/mol. The van der Waals surface area contributed by atoms with Crippen molar-refractivity contribution in [3.8, 4) is 0 Å². The summed E-state index contributed by atoms with van der Waals surface area (Å²) in [6, 6.07) is 8.76. The third-order valence-corrected chi connectivity index (χ3v) is 2.66. The number of benzene rings is 1. The molecule has 5 nitrogen and oxygen atoms in total. The molecule has 0 heterocycles. The zero-order chi connectivity index (χ0) is 14.1. The maximum atomic E-state index is 11.9. The summed E-state index contributed by atoms with van der Waals surface area (Å²) >= 11 is 5.39. The predicted octanol–water partition coefficient (Wildman–Crippen LogP) is 0.673. The van der Waals surface area contributed by atoms with E-state index in [1.807, 2.05) is 30.3 Å². The van der Waals surface area contributed by atoms with E-state index in [-0.39, 0.29) is 18.4 Å². The lowest BCUT2D eigenvalue weighted by atomic mass is 10.2. The Labute approximate surface area is 117 Å². The second-order valence-electron chi connectivity index (χ2n) is 3.91. The van der Waals surface area contributed by atoms with Crippen LogP contribution in [0, 0.1) is 0 Å².